The molecule has 0 aliphatic rings. The molecule has 0 unspecified atom stereocenters. The van der Waals surface area contributed by atoms with E-state index in [1.807, 2.05) is 24.3 Å². The summed E-state index contributed by atoms with van der Waals surface area (Å²) in [5.41, 5.74) is 3.61. The van der Waals surface area contributed by atoms with Crippen molar-refractivity contribution in [1.82, 2.24) is 9.97 Å². The van der Waals surface area contributed by atoms with Gasteiger partial charge in [0.25, 0.3) is 0 Å². The third-order valence-electron chi connectivity index (χ3n) is 5.65. The Morgan fingerprint density at radius 1 is 0.579 bits per heavy atom. The summed E-state index contributed by atoms with van der Waals surface area (Å²) >= 11 is 0. The topological polar surface area (TPSA) is 110 Å². The Balaban J connectivity index is 1.70. The SMILES string of the molecule is COc1ccc(-c2ccnc(SSc3nccc(-c4ccc(OC)cc4OC)c3C#N)c2C#N)c(OC)c1. The predicted octanol–water partition coefficient (Wildman–Crippen LogP) is 6.39. The number of ether oxygens (including phenoxy) is 4. The van der Waals surface area contributed by atoms with Gasteiger partial charge in [-0.05, 0) is 58.0 Å². The van der Waals surface area contributed by atoms with Crippen LogP contribution in [-0.4, -0.2) is 38.4 Å². The van der Waals surface area contributed by atoms with Gasteiger partial charge in [-0.3, -0.25) is 0 Å². The highest BCUT2D eigenvalue weighted by atomic mass is 33.1. The highest BCUT2D eigenvalue weighted by Crippen LogP contribution is 2.44. The standard InChI is InChI=1S/C28H22N4O4S2/c1-33-17-5-7-21(25(13-17)35-3)19-9-11-31-27(23(19)15-29)37-38-28-24(16-30)20(10-12-32-28)22-8-6-18(34-2)14-26(22)36-4/h5-14H,1-4H3. The molecule has 0 fully saturated rings. The van der Waals surface area contributed by atoms with E-state index in [4.69, 9.17) is 18.9 Å². The van der Waals surface area contributed by atoms with E-state index >= 15 is 0 Å². The molecular formula is C28H22N4O4S2. The normalized spacial score (nSPS) is 10.3. The van der Waals surface area contributed by atoms with Gasteiger partial charge in [0.15, 0.2) is 0 Å². The zero-order valence-electron chi connectivity index (χ0n) is 21.0. The van der Waals surface area contributed by atoms with Gasteiger partial charge in [0.05, 0.1) is 39.6 Å². The van der Waals surface area contributed by atoms with Gasteiger partial charge in [-0.15, -0.1) is 0 Å². The molecule has 0 aliphatic heterocycles. The van der Waals surface area contributed by atoms with Crippen LogP contribution in [0.25, 0.3) is 22.3 Å². The maximum absolute atomic E-state index is 10.0. The Bertz CT molecular complexity index is 1450. The number of nitriles is 2. The summed E-state index contributed by atoms with van der Waals surface area (Å²) < 4.78 is 21.7. The molecule has 0 saturated heterocycles. The molecule has 0 aliphatic carbocycles. The van der Waals surface area contributed by atoms with Crippen LogP contribution in [0.1, 0.15) is 11.1 Å². The lowest BCUT2D eigenvalue weighted by Crippen LogP contribution is -1.96. The summed E-state index contributed by atoms with van der Waals surface area (Å²) in [6, 6.07) is 18.9. The van der Waals surface area contributed by atoms with Gasteiger partial charge >= 0.3 is 0 Å². The molecule has 0 atom stereocenters. The molecule has 2 aromatic heterocycles. The number of rotatable bonds is 9. The lowest BCUT2D eigenvalue weighted by molar-refractivity contribution is 0.395. The van der Waals surface area contributed by atoms with E-state index in [0.717, 1.165) is 11.1 Å². The van der Waals surface area contributed by atoms with E-state index in [1.165, 1.54) is 21.6 Å². The molecule has 2 aromatic carbocycles. The van der Waals surface area contributed by atoms with Crippen molar-refractivity contribution in [1.29, 1.82) is 10.5 Å². The van der Waals surface area contributed by atoms with E-state index in [1.54, 1.807) is 65.1 Å². The lowest BCUT2D eigenvalue weighted by atomic mass is 10.0. The van der Waals surface area contributed by atoms with Crippen molar-refractivity contribution in [3.05, 3.63) is 72.1 Å². The Morgan fingerprint density at radius 3 is 1.34 bits per heavy atom. The summed E-state index contributed by atoms with van der Waals surface area (Å²) in [6.45, 7) is 0. The molecule has 4 aromatic rings. The summed E-state index contributed by atoms with van der Waals surface area (Å²) in [6.07, 6.45) is 3.28. The van der Waals surface area contributed by atoms with Gasteiger partial charge in [0.1, 0.15) is 45.2 Å². The van der Waals surface area contributed by atoms with Crippen molar-refractivity contribution in [2.45, 2.75) is 10.1 Å². The molecule has 0 amide bonds. The van der Waals surface area contributed by atoms with E-state index in [-0.39, 0.29) is 0 Å². The summed E-state index contributed by atoms with van der Waals surface area (Å²) in [7, 11) is 8.81. The highest BCUT2D eigenvalue weighted by molar-refractivity contribution is 8.76. The zero-order valence-corrected chi connectivity index (χ0v) is 22.6. The minimum atomic E-state index is 0.389. The smallest absolute Gasteiger partial charge is 0.130 e. The highest BCUT2D eigenvalue weighted by Gasteiger charge is 2.20. The van der Waals surface area contributed by atoms with Crippen LogP contribution in [0.4, 0.5) is 0 Å². The molecular weight excluding hydrogens is 520 g/mol. The minimum absolute atomic E-state index is 0.389. The predicted molar refractivity (Wildman–Crippen MR) is 147 cm³/mol. The van der Waals surface area contributed by atoms with Gasteiger partial charge in [-0.2, -0.15) is 10.5 Å². The molecule has 4 rings (SSSR count). The van der Waals surface area contributed by atoms with Gasteiger partial charge in [0, 0.05) is 46.8 Å². The van der Waals surface area contributed by atoms with Crippen LogP contribution < -0.4 is 18.9 Å². The van der Waals surface area contributed by atoms with Gasteiger partial charge in [-0.25, -0.2) is 9.97 Å². The lowest BCUT2D eigenvalue weighted by Gasteiger charge is -2.14. The van der Waals surface area contributed by atoms with Gasteiger partial charge in [0.2, 0.25) is 0 Å². The quantitative estimate of drug-likeness (QED) is 0.221. The maximum Gasteiger partial charge on any atom is 0.130 e. The number of benzene rings is 2. The molecule has 38 heavy (non-hydrogen) atoms. The van der Waals surface area contributed by atoms with E-state index in [9.17, 15) is 10.5 Å². The number of hydrogen-bond acceptors (Lipinski definition) is 10. The minimum Gasteiger partial charge on any atom is -0.497 e. The van der Waals surface area contributed by atoms with Crippen LogP contribution >= 0.6 is 21.6 Å². The van der Waals surface area contributed by atoms with Crippen LogP contribution in [0.5, 0.6) is 23.0 Å². The van der Waals surface area contributed by atoms with Crippen molar-refractivity contribution in [2.24, 2.45) is 0 Å². The summed E-state index contributed by atoms with van der Waals surface area (Å²) in [4.78, 5) is 8.86. The second kappa shape index (κ2) is 12.2. The first-order chi connectivity index (χ1) is 18.6. The van der Waals surface area contributed by atoms with E-state index in [2.05, 4.69) is 22.1 Å². The first-order valence-electron chi connectivity index (χ1n) is 11.2. The van der Waals surface area contributed by atoms with Crippen molar-refractivity contribution in [3.63, 3.8) is 0 Å². The molecule has 0 spiro atoms. The number of nitrogens with zero attached hydrogens (tertiary/aromatic N) is 4. The molecule has 0 radical (unpaired) electrons. The van der Waals surface area contributed by atoms with Crippen molar-refractivity contribution in [2.75, 3.05) is 28.4 Å². The van der Waals surface area contributed by atoms with E-state index in [0.29, 0.717) is 55.3 Å². The van der Waals surface area contributed by atoms with Crippen LogP contribution in [-0.2, 0) is 0 Å². The molecule has 0 saturated carbocycles. The average molecular weight is 543 g/mol. The van der Waals surface area contributed by atoms with Crippen molar-refractivity contribution >= 4 is 21.6 Å². The summed E-state index contributed by atoms with van der Waals surface area (Å²) in [5.74, 6) is 2.44. The molecule has 0 bridgehead atoms. The van der Waals surface area contributed by atoms with E-state index < -0.39 is 0 Å². The molecule has 0 N–H and O–H groups in total. The third kappa shape index (κ3) is 5.32. The van der Waals surface area contributed by atoms with Crippen LogP contribution in [0.3, 0.4) is 0 Å². The first kappa shape index (κ1) is 26.7. The molecule has 10 heteroatoms. The largest absolute Gasteiger partial charge is 0.497 e. The first-order valence-corrected chi connectivity index (χ1v) is 13.3. The maximum atomic E-state index is 10.0. The number of pyridine rings is 2. The molecule has 8 nitrogen and oxygen atoms in total. The average Bonchev–Trinajstić information content (AvgIpc) is 2.98. The number of aromatic nitrogens is 2. The Labute approximate surface area is 228 Å². The third-order valence-corrected chi connectivity index (χ3v) is 7.87. The van der Waals surface area contributed by atoms with Gasteiger partial charge in [-0.1, -0.05) is 0 Å². The molecule has 190 valence electrons. The molecule has 2 heterocycles. The fourth-order valence-corrected chi connectivity index (χ4v) is 5.87. The Kier molecular flexibility index (Phi) is 8.59. The number of hydrogen-bond donors (Lipinski definition) is 0. The van der Waals surface area contributed by atoms with Crippen LogP contribution in [0, 0.1) is 22.7 Å². The summed E-state index contributed by atoms with van der Waals surface area (Å²) in [5, 5.41) is 21.1. The van der Waals surface area contributed by atoms with Crippen LogP contribution in [0.15, 0.2) is 71.0 Å². The zero-order chi connectivity index (χ0) is 27.1. The monoisotopic (exact) mass is 542 g/mol. The Morgan fingerprint density at radius 2 is 1.00 bits per heavy atom. The second-order valence-corrected chi connectivity index (χ2v) is 9.71. The Hall–Kier alpha value is -4.38. The fraction of sp³-hybridized carbons (Fsp3) is 0.143. The fourth-order valence-electron chi connectivity index (χ4n) is 3.80. The van der Waals surface area contributed by atoms with Crippen molar-refractivity contribution in [3.8, 4) is 57.4 Å². The van der Waals surface area contributed by atoms with Crippen molar-refractivity contribution < 1.29 is 18.9 Å². The van der Waals surface area contributed by atoms with Crippen LogP contribution in [0.2, 0.25) is 0 Å². The van der Waals surface area contributed by atoms with Gasteiger partial charge < -0.3 is 18.9 Å². The second-order valence-electron chi connectivity index (χ2n) is 7.60. The number of methoxy groups -OCH3 is 4.